The number of hydrogen-bond acceptors (Lipinski definition) is 4. The van der Waals surface area contributed by atoms with Crippen molar-refractivity contribution in [3.63, 3.8) is 0 Å². The average Bonchev–Trinajstić information content (AvgIpc) is 2.30. The van der Waals surface area contributed by atoms with E-state index < -0.39 is 5.91 Å². The standard InChI is InChI=1S/C11H13NO4/c1-16-5-4-12-11(15)9-6-8(7-13)2-3-10(9)14/h2-3,6-7,14H,4-5H2,1H3,(H,12,15). The molecule has 1 amide bonds. The van der Waals surface area contributed by atoms with Crippen LogP contribution < -0.4 is 5.32 Å². The van der Waals surface area contributed by atoms with E-state index in [1.54, 1.807) is 0 Å². The summed E-state index contributed by atoms with van der Waals surface area (Å²) >= 11 is 0. The van der Waals surface area contributed by atoms with Gasteiger partial charge in [-0.05, 0) is 18.2 Å². The minimum Gasteiger partial charge on any atom is -0.507 e. The first-order chi connectivity index (χ1) is 7.69. The molecule has 5 heteroatoms. The van der Waals surface area contributed by atoms with Crippen LogP contribution in [0.5, 0.6) is 5.75 Å². The van der Waals surface area contributed by atoms with Crippen LogP contribution in [0.1, 0.15) is 20.7 Å². The van der Waals surface area contributed by atoms with Crippen molar-refractivity contribution < 1.29 is 19.4 Å². The van der Waals surface area contributed by atoms with Gasteiger partial charge in [0.05, 0.1) is 12.2 Å². The van der Waals surface area contributed by atoms with Crippen LogP contribution in [0.2, 0.25) is 0 Å². The van der Waals surface area contributed by atoms with Gasteiger partial charge in [-0.15, -0.1) is 0 Å². The molecule has 2 N–H and O–H groups in total. The van der Waals surface area contributed by atoms with Crippen molar-refractivity contribution in [2.75, 3.05) is 20.3 Å². The van der Waals surface area contributed by atoms with E-state index in [0.717, 1.165) is 0 Å². The molecular weight excluding hydrogens is 210 g/mol. The number of phenols is 1. The summed E-state index contributed by atoms with van der Waals surface area (Å²) in [7, 11) is 1.52. The van der Waals surface area contributed by atoms with E-state index in [0.29, 0.717) is 25.0 Å². The fourth-order valence-corrected chi connectivity index (χ4v) is 1.17. The van der Waals surface area contributed by atoms with Gasteiger partial charge in [0, 0.05) is 19.2 Å². The lowest BCUT2D eigenvalue weighted by Crippen LogP contribution is -2.27. The third-order valence-electron chi connectivity index (χ3n) is 1.99. The van der Waals surface area contributed by atoms with Crippen LogP contribution in [0.3, 0.4) is 0 Å². The minimum atomic E-state index is -0.432. The Morgan fingerprint density at radius 3 is 2.94 bits per heavy atom. The molecule has 0 aromatic heterocycles. The van der Waals surface area contributed by atoms with Gasteiger partial charge in [-0.3, -0.25) is 9.59 Å². The summed E-state index contributed by atoms with van der Waals surface area (Å²) < 4.78 is 4.77. The number of phenolic OH excluding ortho intramolecular Hbond substituents is 1. The van der Waals surface area contributed by atoms with Crippen molar-refractivity contribution in [1.29, 1.82) is 0 Å². The maximum Gasteiger partial charge on any atom is 0.255 e. The summed E-state index contributed by atoms with van der Waals surface area (Å²) in [6, 6.07) is 4.09. The first-order valence-corrected chi connectivity index (χ1v) is 4.74. The van der Waals surface area contributed by atoms with E-state index in [1.165, 1.54) is 25.3 Å². The van der Waals surface area contributed by atoms with Crippen molar-refractivity contribution in [3.8, 4) is 5.75 Å². The van der Waals surface area contributed by atoms with Crippen LogP contribution in [0, 0.1) is 0 Å². The largest absolute Gasteiger partial charge is 0.507 e. The highest BCUT2D eigenvalue weighted by atomic mass is 16.5. The molecule has 16 heavy (non-hydrogen) atoms. The summed E-state index contributed by atoms with van der Waals surface area (Å²) in [5, 5.41) is 12.0. The zero-order valence-electron chi connectivity index (χ0n) is 8.90. The molecule has 86 valence electrons. The zero-order valence-corrected chi connectivity index (χ0v) is 8.90. The minimum absolute atomic E-state index is 0.0840. The molecule has 0 spiro atoms. The predicted octanol–water partition coefficient (Wildman–Crippen LogP) is 0.581. The number of nitrogens with one attached hydrogen (secondary N) is 1. The molecule has 0 unspecified atom stereocenters. The highest BCUT2D eigenvalue weighted by Gasteiger charge is 2.10. The van der Waals surface area contributed by atoms with E-state index in [9.17, 15) is 14.7 Å². The van der Waals surface area contributed by atoms with Crippen LogP contribution >= 0.6 is 0 Å². The Labute approximate surface area is 93.0 Å². The van der Waals surface area contributed by atoms with Gasteiger partial charge < -0.3 is 15.2 Å². The van der Waals surface area contributed by atoms with Crippen molar-refractivity contribution >= 4 is 12.2 Å². The van der Waals surface area contributed by atoms with Crippen LogP contribution in [-0.2, 0) is 4.74 Å². The molecule has 0 bridgehead atoms. The number of hydrogen-bond donors (Lipinski definition) is 2. The first-order valence-electron chi connectivity index (χ1n) is 4.74. The Kier molecular flexibility index (Phi) is 4.47. The van der Waals surface area contributed by atoms with Gasteiger partial charge in [-0.25, -0.2) is 0 Å². The molecule has 1 aromatic carbocycles. The maximum atomic E-state index is 11.6. The summed E-state index contributed by atoms with van der Waals surface area (Å²) in [5.74, 6) is -0.584. The van der Waals surface area contributed by atoms with E-state index in [-0.39, 0.29) is 11.3 Å². The van der Waals surface area contributed by atoms with Gasteiger partial charge in [-0.2, -0.15) is 0 Å². The van der Waals surface area contributed by atoms with Crippen LogP contribution in [0.4, 0.5) is 0 Å². The molecular formula is C11H13NO4. The second kappa shape index (κ2) is 5.87. The van der Waals surface area contributed by atoms with Crippen molar-refractivity contribution in [1.82, 2.24) is 5.32 Å². The lowest BCUT2D eigenvalue weighted by molar-refractivity contribution is 0.0934. The topological polar surface area (TPSA) is 75.6 Å². The van der Waals surface area contributed by atoms with Crippen LogP contribution in [0.15, 0.2) is 18.2 Å². The summed E-state index contributed by atoms with van der Waals surface area (Å²) in [5.41, 5.74) is 0.426. The van der Waals surface area contributed by atoms with E-state index in [2.05, 4.69) is 5.32 Å². The average molecular weight is 223 g/mol. The van der Waals surface area contributed by atoms with Gasteiger partial charge in [0.2, 0.25) is 0 Å². The number of rotatable bonds is 5. The second-order valence-electron chi connectivity index (χ2n) is 3.14. The molecule has 0 aliphatic heterocycles. The highest BCUT2D eigenvalue weighted by Crippen LogP contribution is 2.17. The molecule has 0 atom stereocenters. The molecule has 1 rings (SSSR count). The van der Waals surface area contributed by atoms with E-state index >= 15 is 0 Å². The number of carbonyl (C=O) groups is 2. The van der Waals surface area contributed by atoms with Gasteiger partial charge in [-0.1, -0.05) is 0 Å². The van der Waals surface area contributed by atoms with Gasteiger partial charge in [0.1, 0.15) is 12.0 Å². The Balaban J connectivity index is 2.77. The lowest BCUT2D eigenvalue weighted by Gasteiger charge is -2.06. The fraction of sp³-hybridized carbons (Fsp3) is 0.273. The number of benzene rings is 1. The molecule has 0 saturated carbocycles. The Morgan fingerprint density at radius 2 is 2.31 bits per heavy atom. The molecule has 0 aliphatic rings. The number of ether oxygens (including phenoxy) is 1. The number of amides is 1. The SMILES string of the molecule is COCCNC(=O)c1cc(C=O)ccc1O. The molecule has 1 aromatic rings. The summed E-state index contributed by atoms with van der Waals surface area (Å²) in [6.07, 6.45) is 0.616. The summed E-state index contributed by atoms with van der Waals surface area (Å²) in [6.45, 7) is 0.736. The highest BCUT2D eigenvalue weighted by molar-refractivity contribution is 5.98. The van der Waals surface area contributed by atoms with Crippen molar-refractivity contribution in [2.45, 2.75) is 0 Å². The predicted molar refractivity (Wildman–Crippen MR) is 57.7 cm³/mol. The number of carbonyl (C=O) groups excluding carboxylic acids is 2. The quantitative estimate of drug-likeness (QED) is 0.565. The van der Waals surface area contributed by atoms with Gasteiger partial charge in [0.15, 0.2) is 0 Å². The Morgan fingerprint density at radius 1 is 1.56 bits per heavy atom. The maximum absolute atomic E-state index is 11.6. The lowest BCUT2D eigenvalue weighted by atomic mass is 10.1. The smallest absolute Gasteiger partial charge is 0.255 e. The van der Waals surface area contributed by atoms with Crippen molar-refractivity contribution in [2.24, 2.45) is 0 Å². The number of methoxy groups -OCH3 is 1. The van der Waals surface area contributed by atoms with Gasteiger partial charge in [0.25, 0.3) is 5.91 Å². The first kappa shape index (κ1) is 12.2. The summed E-state index contributed by atoms with van der Waals surface area (Å²) in [4.78, 5) is 22.1. The Bertz CT molecular complexity index is 390. The Hall–Kier alpha value is -1.88. The number of aromatic hydroxyl groups is 1. The monoisotopic (exact) mass is 223 g/mol. The normalized spacial score (nSPS) is 9.81. The van der Waals surface area contributed by atoms with Crippen LogP contribution in [-0.4, -0.2) is 37.6 Å². The second-order valence-corrected chi connectivity index (χ2v) is 3.14. The molecule has 0 heterocycles. The zero-order chi connectivity index (χ0) is 12.0. The molecule has 0 saturated heterocycles. The molecule has 5 nitrogen and oxygen atoms in total. The molecule has 0 aliphatic carbocycles. The van der Waals surface area contributed by atoms with Crippen molar-refractivity contribution in [3.05, 3.63) is 29.3 Å². The molecule has 0 radical (unpaired) electrons. The van der Waals surface area contributed by atoms with E-state index in [1.807, 2.05) is 0 Å². The van der Waals surface area contributed by atoms with Gasteiger partial charge >= 0.3 is 0 Å². The third-order valence-corrected chi connectivity index (χ3v) is 1.99. The molecule has 0 fully saturated rings. The van der Waals surface area contributed by atoms with Crippen LogP contribution in [0.25, 0.3) is 0 Å². The fourth-order valence-electron chi connectivity index (χ4n) is 1.17. The van der Waals surface area contributed by atoms with E-state index in [4.69, 9.17) is 4.74 Å². The number of aldehydes is 1. The third kappa shape index (κ3) is 3.06.